The topological polar surface area (TPSA) is 97.6 Å². The molecule has 21 heavy (non-hydrogen) atoms. The summed E-state index contributed by atoms with van der Waals surface area (Å²) < 4.78 is 6.66. The molecule has 0 saturated carbocycles. The van der Waals surface area contributed by atoms with E-state index in [1.165, 1.54) is 23.0 Å². The largest absolute Gasteiger partial charge is 0.477 e. The van der Waals surface area contributed by atoms with Crippen LogP contribution in [0.15, 0.2) is 23.3 Å². The number of ether oxygens (including phenoxy) is 1. The van der Waals surface area contributed by atoms with Crippen molar-refractivity contribution >= 4 is 12.1 Å². The Morgan fingerprint density at radius 1 is 1.43 bits per heavy atom. The molecule has 1 amide bonds. The van der Waals surface area contributed by atoms with E-state index in [1.807, 2.05) is 0 Å². The van der Waals surface area contributed by atoms with Gasteiger partial charge in [-0.05, 0) is 27.7 Å². The third-order valence-electron chi connectivity index (χ3n) is 2.46. The van der Waals surface area contributed by atoms with Gasteiger partial charge in [-0.15, -0.1) is 0 Å². The molecule has 0 aromatic carbocycles. The monoisotopic (exact) mass is 296 g/mol. The Kier molecular flexibility index (Phi) is 5.12. The fourth-order valence-electron chi connectivity index (χ4n) is 1.67. The average molecular weight is 296 g/mol. The van der Waals surface area contributed by atoms with E-state index in [2.05, 4.69) is 5.32 Å². The highest BCUT2D eigenvalue weighted by Crippen LogP contribution is 2.07. The SMILES string of the molecule is CC(Cn1ccc(=O)c(C(=O)O)c1)NC(=O)OC(C)(C)C. The van der Waals surface area contributed by atoms with E-state index in [-0.39, 0.29) is 11.6 Å². The van der Waals surface area contributed by atoms with Crippen LogP contribution in [0.5, 0.6) is 0 Å². The van der Waals surface area contributed by atoms with Crippen molar-refractivity contribution in [1.29, 1.82) is 0 Å². The molecular formula is C14H20N2O5. The quantitative estimate of drug-likeness (QED) is 0.876. The second-order valence-electron chi connectivity index (χ2n) is 5.77. The number of alkyl carbamates (subject to hydrolysis) is 1. The van der Waals surface area contributed by atoms with Crippen molar-refractivity contribution in [3.8, 4) is 0 Å². The lowest BCUT2D eigenvalue weighted by atomic mass is 10.2. The molecule has 0 bridgehead atoms. The number of aromatic carboxylic acids is 1. The number of hydrogen-bond acceptors (Lipinski definition) is 4. The molecule has 7 heteroatoms. The van der Waals surface area contributed by atoms with Gasteiger partial charge in [-0.25, -0.2) is 9.59 Å². The second-order valence-corrected chi connectivity index (χ2v) is 5.77. The smallest absolute Gasteiger partial charge is 0.407 e. The molecule has 0 radical (unpaired) electrons. The Balaban J connectivity index is 2.69. The van der Waals surface area contributed by atoms with Gasteiger partial charge in [0.15, 0.2) is 5.43 Å². The summed E-state index contributed by atoms with van der Waals surface area (Å²) in [6, 6.07) is 0.896. The summed E-state index contributed by atoms with van der Waals surface area (Å²) in [6.45, 7) is 7.36. The van der Waals surface area contributed by atoms with Gasteiger partial charge >= 0.3 is 12.1 Å². The lowest BCUT2D eigenvalue weighted by Crippen LogP contribution is -2.39. The van der Waals surface area contributed by atoms with Gasteiger partial charge in [-0.3, -0.25) is 4.79 Å². The number of hydrogen-bond donors (Lipinski definition) is 2. The fraction of sp³-hybridized carbons (Fsp3) is 0.500. The molecule has 1 aromatic rings. The van der Waals surface area contributed by atoms with Crippen molar-refractivity contribution in [3.05, 3.63) is 34.2 Å². The maximum Gasteiger partial charge on any atom is 0.407 e. The number of carbonyl (C=O) groups is 2. The highest BCUT2D eigenvalue weighted by Gasteiger charge is 2.18. The van der Waals surface area contributed by atoms with E-state index in [9.17, 15) is 14.4 Å². The second kappa shape index (κ2) is 6.43. The Bertz CT molecular complexity index is 586. The third-order valence-corrected chi connectivity index (χ3v) is 2.46. The molecule has 2 N–H and O–H groups in total. The number of aromatic nitrogens is 1. The average Bonchev–Trinajstić information content (AvgIpc) is 2.28. The van der Waals surface area contributed by atoms with Crippen LogP contribution >= 0.6 is 0 Å². The Labute approximate surface area is 122 Å². The summed E-state index contributed by atoms with van der Waals surface area (Å²) in [7, 11) is 0. The first-order chi connectivity index (χ1) is 9.58. The number of pyridine rings is 1. The van der Waals surface area contributed by atoms with Gasteiger partial charge < -0.3 is 19.7 Å². The fourth-order valence-corrected chi connectivity index (χ4v) is 1.67. The zero-order chi connectivity index (χ0) is 16.2. The molecule has 0 fully saturated rings. The Morgan fingerprint density at radius 2 is 2.05 bits per heavy atom. The molecular weight excluding hydrogens is 276 g/mol. The van der Waals surface area contributed by atoms with E-state index in [0.29, 0.717) is 6.54 Å². The summed E-state index contributed by atoms with van der Waals surface area (Å²) in [5, 5.41) is 11.5. The molecule has 0 aliphatic carbocycles. The minimum Gasteiger partial charge on any atom is -0.477 e. The molecule has 1 atom stereocenters. The lowest BCUT2D eigenvalue weighted by molar-refractivity contribution is 0.0503. The summed E-state index contributed by atoms with van der Waals surface area (Å²) in [5.41, 5.74) is -1.44. The lowest BCUT2D eigenvalue weighted by Gasteiger charge is -2.22. The first-order valence-corrected chi connectivity index (χ1v) is 6.51. The van der Waals surface area contributed by atoms with Crippen LogP contribution in [-0.4, -0.2) is 33.4 Å². The van der Waals surface area contributed by atoms with Crippen LogP contribution in [0.25, 0.3) is 0 Å². The molecule has 0 aliphatic heterocycles. The minimum atomic E-state index is -1.28. The van der Waals surface area contributed by atoms with Crippen molar-refractivity contribution in [1.82, 2.24) is 9.88 Å². The van der Waals surface area contributed by atoms with Crippen molar-refractivity contribution in [2.75, 3.05) is 0 Å². The number of nitrogens with one attached hydrogen (secondary N) is 1. The molecule has 1 aromatic heterocycles. The van der Waals surface area contributed by atoms with Crippen molar-refractivity contribution in [2.24, 2.45) is 0 Å². The zero-order valence-corrected chi connectivity index (χ0v) is 12.5. The molecule has 0 saturated heterocycles. The van der Waals surface area contributed by atoms with Crippen molar-refractivity contribution in [3.63, 3.8) is 0 Å². The standard InChI is InChI=1S/C14H20N2O5/c1-9(15-13(20)21-14(2,3)4)7-16-6-5-11(17)10(8-16)12(18)19/h5-6,8-9H,7H2,1-4H3,(H,15,20)(H,18,19). The van der Waals surface area contributed by atoms with Crippen LogP contribution in [-0.2, 0) is 11.3 Å². The molecule has 0 aliphatic rings. The molecule has 116 valence electrons. The van der Waals surface area contributed by atoms with Gasteiger partial charge in [0.2, 0.25) is 0 Å². The summed E-state index contributed by atoms with van der Waals surface area (Å²) in [6.07, 6.45) is 2.18. The highest BCUT2D eigenvalue weighted by atomic mass is 16.6. The maximum atomic E-state index is 11.6. The van der Waals surface area contributed by atoms with E-state index >= 15 is 0 Å². The minimum absolute atomic E-state index is 0.288. The number of nitrogens with zero attached hydrogens (tertiary/aromatic N) is 1. The van der Waals surface area contributed by atoms with Gasteiger partial charge in [0.05, 0.1) is 0 Å². The predicted molar refractivity (Wildman–Crippen MR) is 76.5 cm³/mol. The van der Waals surface area contributed by atoms with Crippen LogP contribution in [0.1, 0.15) is 38.1 Å². The highest BCUT2D eigenvalue weighted by molar-refractivity contribution is 5.86. The van der Waals surface area contributed by atoms with Crippen LogP contribution in [0, 0.1) is 0 Å². The molecule has 1 unspecified atom stereocenters. The molecule has 1 rings (SSSR count). The summed E-state index contributed by atoms with van der Waals surface area (Å²) in [4.78, 5) is 33.8. The van der Waals surface area contributed by atoms with Gasteiger partial charge in [0.25, 0.3) is 0 Å². The number of carboxylic acids is 1. The molecule has 1 heterocycles. The van der Waals surface area contributed by atoms with Crippen LogP contribution in [0.4, 0.5) is 4.79 Å². The zero-order valence-electron chi connectivity index (χ0n) is 12.5. The van der Waals surface area contributed by atoms with Gasteiger partial charge in [-0.1, -0.05) is 0 Å². The maximum absolute atomic E-state index is 11.6. The van der Waals surface area contributed by atoms with Crippen molar-refractivity contribution in [2.45, 2.75) is 45.9 Å². The van der Waals surface area contributed by atoms with Gasteiger partial charge in [0.1, 0.15) is 11.2 Å². The van der Waals surface area contributed by atoms with Crippen LogP contribution in [0.2, 0.25) is 0 Å². The summed E-state index contributed by atoms with van der Waals surface area (Å²) >= 11 is 0. The first kappa shape index (κ1) is 16.7. The number of rotatable bonds is 4. The normalized spacial score (nSPS) is 12.6. The first-order valence-electron chi connectivity index (χ1n) is 6.51. The van der Waals surface area contributed by atoms with Crippen LogP contribution < -0.4 is 10.7 Å². The molecule has 0 spiro atoms. The number of carboxylic acid groups (broad SMARTS) is 1. The van der Waals surface area contributed by atoms with Crippen LogP contribution in [0.3, 0.4) is 0 Å². The molecule has 7 nitrogen and oxygen atoms in total. The van der Waals surface area contributed by atoms with Gasteiger partial charge in [-0.2, -0.15) is 0 Å². The Morgan fingerprint density at radius 3 is 2.57 bits per heavy atom. The van der Waals surface area contributed by atoms with Crippen molar-refractivity contribution < 1.29 is 19.4 Å². The predicted octanol–water partition coefficient (Wildman–Crippen LogP) is 1.46. The number of carbonyl (C=O) groups excluding carboxylic acids is 1. The number of amides is 1. The van der Waals surface area contributed by atoms with E-state index in [1.54, 1.807) is 27.7 Å². The van der Waals surface area contributed by atoms with E-state index < -0.39 is 23.1 Å². The van der Waals surface area contributed by atoms with E-state index in [4.69, 9.17) is 9.84 Å². The summed E-state index contributed by atoms with van der Waals surface area (Å²) in [5.74, 6) is -1.28. The van der Waals surface area contributed by atoms with E-state index in [0.717, 1.165) is 0 Å². The third kappa shape index (κ3) is 5.68. The Hall–Kier alpha value is -2.31. The van der Waals surface area contributed by atoms with Gasteiger partial charge in [0, 0.05) is 31.0 Å².